The summed E-state index contributed by atoms with van der Waals surface area (Å²) in [5, 5.41) is 9.62. The second-order valence-corrected chi connectivity index (χ2v) is 5.02. The van der Waals surface area contributed by atoms with E-state index >= 15 is 0 Å². The standard InChI is InChI=1S/C12H9ClN4S/c13-8-3-5-18-11(8)10-9(12(14)17-16-10)7-2-1-4-15-6-7/h1-6H,(H3,14,16,17). The van der Waals surface area contributed by atoms with E-state index in [2.05, 4.69) is 15.2 Å². The normalized spacial score (nSPS) is 10.7. The number of aromatic amines is 1. The Bertz CT molecular complexity index is 674. The Morgan fingerprint density at radius 2 is 2.22 bits per heavy atom. The van der Waals surface area contributed by atoms with Gasteiger partial charge >= 0.3 is 0 Å². The third kappa shape index (κ3) is 1.77. The highest BCUT2D eigenvalue weighted by Crippen LogP contribution is 2.40. The molecule has 0 fully saturated rings. The predicted octanol–water partition coefficient (Wildman–Crippen LogP) is 3.44. The third-order valence-corrected chi connectivity index (χ3v) is 3.95. The lowest BCUT2D eigenvalue weighted by molar-refractivity contribution is 1.11. The van der Waals surface area contributed by atoms with E-state index in [1.54, 1.807) is 23.7 Å². The molecular weight excluding hydrogens is 268 g/mol. The van der Waals surface area contributed by atoms with Gasteiger partial charge in [-0.1, -0.05) is 17.7 Å². The molecule has 0 unspecified atom stereocenters. The van der Waals surface area contributed by atoms with Gasteiger partial charge in [-0.3, -0.25) is 10.1 Å². The highest BCUT2D eigenvalue weighted by Gasteiger charge is 2.17. The lowest BCUT2D eigenvalue weighted by atomic mass is 10.1. The molecule has 4 nitrogen and oxygen atoms in total. The number of nitrogen functional groups attached to an aromatic ring is 1. The molecule has 0 spiro atoms. The number of halogens is 1. The zero-order chi connectivity index (χ0) is 12.5. The van der Waals surface area contributed by atoms with Gasteiger partial charge in [0.25, 0.3) is 0 Å². The van der Waals surface area contributed by atoms with Gasteiger partial charge < -0.3 is 5.73 Å². The number of anilines is 1. The van der Waals surface area contributed by atoms with E-state index in [1.807, 2.05) is 23.6 Å². The van der Waals surface area contributed by atoms with Crippen LogP contribution in [0.1, 0.15) is 0 Å². The average molecular weight is 277 g/mol. The third-order valence-electron chi connectivity index (χ3n) is 2.59. The summed E-state index contributed by atoms with van der Waals surface area (Å²) in [5.74, 6) is 0.447. The summed E-state index contributed by atoms with van der Waals surface area (Å²) in [6.45, 7) is 0. The van der Waals surface area contributed by atoms with Crippen molar-refractivity contribution in [2.75, 3.05) is 5.73 Å². The fourth-order valence-corrected chi connectivity index (χ4v) is 2.95. The van der Waals surface area contributed by atoms with E-state index in [4.69, 9.17) is 17.3 Å². The van der Waals surface area contributed by atoms with Crippen molar-refractivity contribution in [2.45, 2.75) is 0 Å². The zero-order valence-electron chi connectivity index (χ0n) is 9.22. The molecule has 0 atom stereocenters. The number of rotatable bonds is 2. The molecule has 0 aliphatic rings. The Balaban J connectivity index is 2.22. The van der Waals surface area contributed by atoms with Crippen LogP contribution in [0, 0.1) is 0 Å². The SMILES string of the molecule is Nc1n[nH]c(-c2sccc2Cl)c1-c1cccnc1. The summed E-state index contributed by atoms with van der Waals surface area (Å²) < 4.78 is 0. The van der Waals surface area contributed by atoms with E-state index in [0.717, 1.165) is 21.7 Å². The van der Waals surface area contributed by atoms with E-state index in [1.165, 1.54) is 0 Å². The molecule has 0 aromatic carbocycles. The molecule has 18 heavy (non-hydrogen) atoms. The summed E-state index contributed by atoms with van der Waals surface area (Å²) in [7, 11) is 0. The van der Waals surface area contributed by atoms with Gasteiger partial charge in [0.2, 0.25) is 0 Å². The summed E-state index contributed by atoms with van der Waals surface area (Å²) in [6.07, 6.45) is 3.48. The number of pyridine rings is 1. The number of nitrogens with two attached hydrogens (primary N) is 1. The second-order valence-electron chi connectivity index (χ2n) is 3.70. The smallest absolute Gasteiger partial charge is 0.153 e. The van der Waals surface area contributed by atoms with Crippen LogP contribution in [0.5, 0.6) is 0 Å². The lowest BCUT2D eigenvalue weighted by Crippen LogP contribution is -1.88. The molecule has 3 rings (SSSR count). The molecule has 0 aliphatic heterocycles. The monoisotopic (exact) mass is 276 g/mol. The summed E-state index contributed by atoms with van der Waals surface area (Å²) in [6, 6.07) is 5.66. The number of aromatic nitrogens is 3. The molecule has 6 heteroatoms. The van der Waals surface area contributed by atoms with E-state index in [-0.39, 0.29) is 0 Å². The van der Waals surface area contributed by atoms with Gasteiger partial charge in [-0.2, -0.15) is 5.10 Å². The van der Waals surface area contributed by atoms with Crippen molar-refractivity contribution in [3.63, 3.8) is 0 Å². The number of H-pyrrole nitrogens is 1. The van der Waals surface area contributed by atoms with Crippen molar-refractivity contribution in [1.82, 2.24) is 15.2 Å². The molecule has 3 N–H and O–H groups in total. The first-order valence-corrected chi connectivity index (χ1v) is 6.50. The molecule has 0 aliphatic carbocycles. The number of hydrogen-bond acceptors (Lipinski definition) is 4. The molecule has 0 radical (unpaired) electrons. The van der Waals surface area contributed by atoms with Crippen LogP contribution in [0.3, 0.4) is 0 Å². The zero-order valence-corrected chi connectivity index (χ0v) is 10.8. The largest absolute Gasteiger partial charge is 0.382 e. The molecule has 3 heterocycles. The van der Waals surface area contributed by atoms with Crippen molar-refractivity contribution < 1.29 is 0 Å². The van der Waals surface area contributed by atoms with Crippen LogP contribution >= 0.6 is 22.9 Å². The van der Waals surface area contributed by atoms with Crippen LogP contribution < -0.4 is 5.73 Å². The number of nitrogens with zero attached hydrogens (tertiary/aromatic N) is 2. The predicted molar refractivity (Wildman–Crippen MR) is 74.6 cm³/mol. The first-order valence-electron chi connectivity index (χ1n) is 5.25. The van der Waals surface area contributed by atoms with Gasteiger partial charge in [0.05, 0.1) is 21.2 Å². The van der Waals surface area contributed by atoms with Gasteiger partial charge in [0.15, 0.2) is 5.82 Å². The Morgan fingerprint density at radius 1 is 1.33 bits per heavy atom. The van der Waals surface area contributed by atoms with E-state index in [9.17, 15) is 0 Å². The minimum Gasteiger partial charge on any atom is -0.382 e. The highest BCUT2D eigenvalue weighted by atomic mass is 35.5. The van der Waals surface area contributed by atoms with Gasteiger partial charge in [0.1, 0.15) is 0 Å². The number of thiophene rings is 1. The van der Waals surface area contributed by atoms with Crippen LogP contribution in [0.4, 0.5) is 5.82 Å². The van der Waals surface area contributed by atoms with Crippen LogP contribution in [0.2, 0.25) is 5.02 Å². The Labute approximate surface area is 112 Å². The lowest BCUT2D eigenvalue weighted by Gasteiger charge is -2.02. The first-order chi connectivity index (χ1) is 8.77. The fourth-order valence-electron chi connectivity index (χ4n) is 1.80. The maximum atomic E-state index is 6.15. The van der Waals surface area contributed by atoms with Crippen LogP contribution in [0.15, 0.2) is 36.0 Å². The van der Waals surface area contributed by atoms with Crippen molar-refractivity contribution in [2.24, 2.45) is 0 Å². The molecule has 0 saturated carbocycles. The van der Waals surface area contributed by atoms with Crippen molar-refractivity contribution in [3.8, 4) is 21.7 Å². The van der Waals surface area contributed by atoms with Gasteiger partial charge in [-0.25, -0.2) is 0 Å². The minimum absolute atomic E-state index is 0.447. The summed E-state index contributed by atoms with van der Waals surface area (Å²) in [4.78, 5) is 5.03. The average Bonchev–Trinajstić information content (AvgIpc) is 2.96. The van der Waals surface area contributed by atoms with Crippen LogP contribution in [-0.2, 0) is 0 Å². The number of nitrogens with one attached hydrogen (secondary N) is 1. The van der Waals surface area contributed by atoms with E-state index in [0.29, 0.717) is 10.8 Å². The van der Waals surface area contributed by atoms with Crippen molar-refractivity contribution >= 4 is 28.8 Å². The number of hydrogen-bond donors (Lipinski definition) is 2. The molecular formula is C12H9ClN4S. The van der Waals surface area contributed by atoms with Crippen LogP contribution in [0.25, 0.3) is 21.7 Å². The Kier molecular flexibility index (Phi) is 2.77. The molecule has 3 aromatic heterocycles. The molecule has 3 aromatic rings. The summed E-state index contributed by atoms with van der Waals surface area (Å²) in [5.41, 5.74) is 8.51. The maximum absolute atomic E-state index is 6.15. The molecule has 90 valence electrons. The second kappa shape index (κ2) is 4.44. The van der Waals surface area contributed by atoms with Gasteiger partial charge in [-0.15, -0.1) is 11.3 Å². The van der Waals surface area contributed by atoms with Gasteiger partial charge in [0, 0.05) is 18.0 Å². The molecule has 0 amide bonds. The Hall–Kier alpha value is -1.85. The summed E-state index contributed by atoms with van der Waals surface area (Å²) >= 11 is 7.69. The molecule has 0 saturated heterocycles. The topological polar surface area (TPSA) is 67.6 Å². The quantitative estimate of drug-likeness (QED) is 0.753. The molecule has 0 bridgehead atoms. The Morgan fingerprint density at radius 3 is 2.89 bits per heavy atom. The van der Waals surface area contributed by atoms with Crippen molar-refractivity contribution in [3.05, 3.63) is 41.0 Å². The van der Waals surface area contributed by atoms with Crippen molar-refractivity contribution in [1.29, 1.82) is 0 Å². The van der Waals surface area contributed by atoms with Gasteiger partial charge in [-0.05, 0) is 17.5 Å². The fraction of sp³-hybridized carbons (Fsp3) is 0. The highest BCUT2D eigenvalue weighted by molar-refractivity contribution is 7.14. The van der Waals surface area contributed by atoms with Crippen LogP contribution in [-0.4, -0.2) is 15.2 Å². The maximum Gasteiger partial charge on any atom is 0.153 e. The van der Waals surface area contributed by atoms with E-state index < -0.39 is 0 Å². The minimum atomic E-state index is 0.447. The first kappa shape index (κ1) is 11.3.